The van der Waals surface area contributed by atoms with E-state index in [0.717, 1.165) is 19.3 Å². The molecule has 0 radical (unpaired) electrons. The number of carboxylic acids is 1. The summed E-state index contributed by atoms with van der Waals surface area (Å²) in [6.45, 7) is 5.11. The molecule has 9 heteroatoms. The fraction of sp³-hybridized carbons (Fsp3) is 0.720. The van der Waals surface area contributed by atoms with Crippen LogP contribution in [0.2, 0.25) is 0 Å². The number of unbranched alkanes of at least 4 members (excludes halogenated alkanes) is 11. The minimum Gasteiger partial charge on any atom is -0.777 e. The molecule has 1 N–H and O–H groups in total. The quantitative estimate of drug-likeness (QED) is 0.146. The van der Waals surface area contributed by atoms with Crippen LogP contribution in [0.15, 0.2) is 30.3 Å². The Morgan fingerprint density at radius 3 is 1.79 bits per heavy atom. The van der Waals surface area contributed by atoms with Crippen molar-refractivity contribution < 1.29 is 83.0 Å². The minimum atomic E-state index is -4.57. The first-order valence-electron chi connectivity index (χ1n) is 12.2. The van der Waals surface area contributed by atoms with Crippen molar-refractivity contribution in [3.8, 4) is 0 Å². The molecule has 184 valence electrons. The fourth-order valence-corrected chi connectivity index (χ4v) is 5.37. The van der Waals surface area contributed by atoms with Crippen LogP contribution >= 0.6 is 7.60 Å². The van der Waals surface area contributed by atoms with E-state index in [2.05, 4.69) is 12.2 Å². The Kier molecular flexibility index (Phi) is 22.6. The summed E-state index contributed by atoms with van der Waals surface area (Å²) in [6, 6.07) is 8.68. The Hall–Kier alpha value is 0.800. The van der Waals surface area contributed by atoms with Crippen molar-refractivity contribution in [3.05, 3.63) is 35.9 Å². The monoisotopic (exact) mass is 513 g/mol. The smallest absolute Gasteiger partial charge is 0.777 e. The molecule has 0 fully saturated rings. The molecule has 0 aliphatic rings. The first-order chi connectivity index (χ1) is 15.2. The summed E-state index contributed by atoms with van der Waals surface area (Å²) < 4.78 is 17.9. The van der Waals surface area contributed by atoms with Crippen LogP contribution in [-0.2, 0) is 13.9 Å². The Morgan fingerprint density at radius 2 is 1.35 bits per heavy atom. The van der Waals surface area contributed by atoms with Gasteiger partial charge in [-0.15, -0.1) is 0 Å². The number of carbonyl (C=O) groups excluding carboxylic acids is 1. The maximum atomic E-state index is 12.9. The van der Waals surface area contributed by atoms with Crippen molar-refractivity contribution in [2.75, 3.05) is 6.54 Å². The van der Waals surface area contributed by atoms with Crippen LogP contribution in [0, 0.1) is 0 Å². The molecule has 1 aromatic rings. The van der Waals surface area contributed by atoms with Crippen molar-refractivity contribution in [2.45, 2.75) is 109 Å². The zero-order chi connectivity index (χ0) is 23.9. The predicted octanol–water partition coefficient (Wildman–Crippen LogP) is -0.918. The Bertz CT molecular complexity index is 691. The normalized spacial score (nSPS) is 13.9. The van der Waals surface area contributed by atoms with E-state index < -0.39 is 24.9 Å². The molecule has 0 spiro atoms. The van der Waals surface area contributed by atoms with Gasteiger partial charge in [-0.1, -0.05) is 108 Å². The van der Waals surface area contributed by atoms with Crippen molar-refractivity contribution in [1.82, 2.24) is 5.32 Å². The van der Waals surface area contributed by atoms with Gasteiger partial charge >= 0.3 is 59.1 Å². The van der Waals surface area contributed by atoms with Crippen LogP contribution in [0.5, 0.6) is 0 Å². The molecule has 0 amide bonds. The van der Waals surface area contributed by atoms with Gasteiger partial charge in [-0.25, -0.2) is 0 Å². The summed E-state index contributed by atoms with van der Waals surface area (Å²) in [5.74, 6) is -2.67. The second-order valence-electron chi connectivity index (χ2n) is 9.09. The van der Waals surface area contributed by atoms with E-state index in [0.29, 0.717) is 12.1 Å². The number of hydrogen-bond acceptors (Lipinski definition) is 6. The van der Waals surface area contributed by atoms with Gasteiger partial charge in [0.2, 0.25) is 0 Å². The average molecular weight is 514 g/mol. The molecule has 0 saturated carbocycles. The van der Waals surface area contributed by atoms with Crippen LogP contribution in [0.4, 0.5) is 0 Å². The number of aliphatic carboxylic acids is 1. The summed E-state index contributed by atoms with van der Waals surface area (Å²) in [7, 11) is -4.57. The van der Waals surface area contributed by atoms with E-state index in [1.807, 2.05) is 0 Å². The van der Waals surface area contributed by atoms with Crippen LogP contribution in [0.1, 0.15) is 109 Å². The van der Waals surface area contributed by atoms with E-state index in [9.17, 15) is 19.4 Å². The van der Waals surface area contributed by atoms with E-state index in [1.54, 1.807) is 30.3 Å². The molecule has 34 heavy (non-hydrogen) atoms. The van der Waals surface area contributed by atoms with Gasteiger partial charge in [0.25, 0.3) is 0 Å². The van der Waals surface area contributed by atoms with Gasteiger partial charge in [0.1, 0.15) is 5.60 Å². The van der Waals surface area contributed by atoms with Gasteiger partial charge in [-0.05, 0) is 32.4 Å². The molecule has 1 aromatic carbocycles. The topological polar surface area (TPSA) is 102 Å². The average Bonchev–Trinajstić information content (AvgIpc) is 2.73. The van der Waals surface area contributed by atoms with E-state index in [1.165, 1.54) is 71.6 Å². The van der Waals surface area contributed by atoms with Gasteiger partial charge in [0.05, 0.1) is 11.8 Å². The number of rotatable bonds is 19. The third-order valence-electron chi connectivity index (χ3n) is 5.65. The molecule has 0 aliphatic heterocycles. The number of hydrogen-bond donors (Lipinski definition) is 1. The van der Waals surface area contributed by atoms with Crippen molar-refractivity contribution in [3.63, 3.8) is 0 Å². The zero-order valence-electron chi connectivity index (χ0n) is 22.1. The van der Waals surface area contributed by atoms with Crippen molar-refractivity contribution >= 4 is 13.6 Å². The van der Waals surface area contributed by atoms with Crippen molar-refractivity contribution in [1.29, 1.82) is 0 Å². The molecule has 0 heterocycles. The number of carbonyl (C=O) groups is 1. The van der Waals surface area contributed by atoms with Crippen LogP contribution < -0.4 is 74.4 Å². The first-order valence-corrected chi connectivity index (χ1v) is 13.8. The summed E-state index contributed by atoms with van der Waals surface area (Å²) >= 11 is 0. The second-order valence-corrected chi connectivity index (χ2v) is 10.9. The van der Waals surface area contributed by atoms with E-state index >= 15 is 0 Å². The zero-order valence-corrected chi connectivity index (χ0v) is 27.0. The number of benzene rings is 1. The first kappa shape index (κ1) is 37.0. The summed E-state index contributed by atoms with van der Waals surface area (Å²) in [5, 5.41) is 14.3. The molecule has 6 nitrogen and oxygen atoms in total. The van der Waals surface area contributed by atoms with Gasteiger partial charge in [-0.2, -0.15) is 0 Å². The fourth-order valence-electron chi connectivity index (χ4n) is 3.66. The Balaban J connectivity index is 0. The molecule has 1 rings (SSSR count). The molecule has 0 bridgehead atoms. The van der Waals surface area contributed by atoms with Crippen LogP contribution in [0.3, 0.4) is 0 Å². The van der Waals surface area contributed by atoms with Gasteiger partial charge in [-0.3, -0.25) is 0 Å². The molecular formula is C25H42NNa2O5P. The minimum absolute atomic E-state index is 0. The third kappa shape index (κ3) is 15.8. The third-order valence-corrected chi connectivity index (χ3v) is 7.47. The SMILES string of the molecule is CCCCCCCCCCCCCCNC(c1ccccc1)P(=O)([O-])OC(C)(C)C(=O)[O-].[Na+].[Na+]. The Morgan fingerprint density at radius 1 is 0.912 bits per heavy atom. The maximum Gasteiger partial charge on any atom is 1.00 e. The largest absolute Gasteiger partial charge is 1.00 e. The molecule has 2 atom stereocenters. The molecule has 0 aliphatic carbocycles. The summed E-state index contributed by atoms with van der Waals surface area (Å²) in [5.41, 5.74) is -1.40. The predicted molar refractivity (Wildman–Crippen MR) is 126 cm³/mol. The van der Waals surface area contributed by atoms with Crippen LogP contribution in [-0.4, -0.2) is 18.1 Å². The Labute approximate surface area is 251 Å². The van der Waals surface area contributed by atoms with Gasteiger partial charge < -0.3 is 29.2 Å². The number of nitrogens with one attached hydrogen (secondary N) is 1. The van der Waals surface area contributed by atoms with Crippen LogP contribution in [0.25, 0.3) is 0 Å². The summed E-state index contributed by atoms with van der Waals surface area (Å²) in [6.07, 6.45) is 14.8. The van der Waals surface area contributed by atoms with Crippen molar-refractivity contribution in [2.24, 2.45) is 0 Å². The molecule has 0 saturated heterocycles. The van der Waals surface area contributed by atoms with E-state index in [-0.39, 0.29) is 59.1 Å². The maximum absolute atomic E-state index is 12.9. The standard InChI is InChI=1S/C25H44NO5P.2Na/c1-4-5-6-7-8-9-10-11-12-13-14-18-21-26-23(22-19-16-15-17-20-22)32(29,30)31-25(2,3)24(27)28;;/h15-17,19-20,23,26H,4-14,18,21H2,1-3H3,(H,27,28)(H,29,30);;/q;2*+1/p-2. The second kappa shape index (κ2) is 20.8. The molecule has 2 unspecified atom stereocenters. The van der Waals surface area contributed by atoms with E-state index in [4.69, 9.17) is 4.52 Å². The summed E-state index contributed by atoms with van der Waals surface area (Å²) in [4.78, 5) is 24.1. The number of carboxylic acid groups (broad SMARTS) is 1. The van der Waals surface area contributed by atoms with Gasteiger partial charge in [0.15, 0.2) is 7.60 Å². The molecular weight excluding hydrogens is 471 g/mol. The molecule has 0 aromatic heterocycles. The van der Waals surface area contributed by atoms with Gasteiger partial charge in [0, 0.05) is 0 Å².